The lowest BCUT2D eigenvalue weighted by Gasteiger charge is -2.29. The first-order chi connectivity index (χ1) is 11.8. The smallest absolute Gasteiger partial charge is 0.231 e. The van der Waals surface area contributed by atoms with Crippen molar-refractivity contribution in [2.75, 3.05) is 6.79 Å². The molecule has 2 heterocycles. The Bertz CT molecular complexity index is 709. The van der Waals surface area contributed by atoms with Gasteiger partial charge in [-0.2, -0.15) is 5.10 Å². The fraction of sp³-hybridized carbons (Fsp3) is 0.471. The Kier molecular flexibility index (Phi) is 4.06. The summed E-state index contributed by atoms with van der Waals surface area (Å²) in [5.74, 6) is 1.51. The first-order valence-corrected chi connectivity index (χ1v) is 8.30. The minimum Gasteiger partial charge on any atom is -0.454 e. The Labute approximate surface area is 140 Å². The van der Waals surface area contributed by atoms with Crippen molar-refractivity contribution in [3.63, 3.8) is 0 Å². The lowest BCUT2D eigenvalue weighted by atomic mass is 9.91. The number of carbonyl (C=O) groups is 1. The highest BCUT2D eigenvalue weighted by Crippen LogP contribution is 2.32. The summed E-state index contributed by atoms with van der Waals surface area (Å²) < 4.78 is 12.6. The predicted molar refractivity (Wildman–Crippen MR) is 85.7 cm³/mol. The van der Waals surface area contributed by atoms with Gasteiger partial charge in [-0.05, 0) is 43.4 Å². The SMILES string of the molecule is O=C(Cc1ccc2c(c1)OCO2)NC1CCC(n2cncn2)CC1. The molecule has 2 aromatic rings. The molecule has 0 unspecified atom stereocenters. The molecular weight excluding hydrogens is 308 g/mol. The fourth-order valence-corrected chi connectivity index (χ4v) is 3.41. The van der Waals surface area contributed by atoms with Gasteiger partial charge in [-0.1, -0.05) is 6.07 Å². The Morgan fingerprint density at radius 1 is 1.21 bits per heavy atom. The van der Waals surface area contributed by atoms with E-state index in [0.717, 1.165) is 37.0 Å². The number of nitrogens with zero attached hydrogens (tertiary/aromatic N) is 3. The highest BCUT2D eigenvalue weighted by Gasteiger charge is 2.24. The second-order valence-corrected chi connectivity index (χ2v) is 6.31. The van der Waals surface area contributed by atoms with Crippen molar-refractivity contribution < 1.29 is 14.3 Å². The summed E-state index contributed by atoms with van der Waals surface area (Å²) in [7, 11) is 0. The van der Waals surface area contributed by atoms with E-state index in [2.05, 4.69) is 15.4 Å². The van der Waals surface area contributed by atoms with Crippen LogP contribution in [0.25, 0.3) is 0 Å². The zero-order valence-corrected chi connectivity index (χ0v) is 13.4. The Hall–Kier alpha value is -2.57. The fourth-order valence-electron chi connectivity index (χ4n) is 3.41. The number of rotatable bonds is 4. The molecule has 1 saturated carbocycles. The third-order valence-electron chi connectivity index (χ3n) is 4.67. The average molecular weight is 328 g/mol. The summed E-state index contributed by atoms with van der Waals surface area (Å²) in [4.78, 5) is 16.3. The van der Waals surface area contributed by atoms with Crippen molar-refractivity contribution in [1.29, 1.82) is 0 Å². The summed E-state index contributed by atoms with van der Waals surface area (Å²) in [6, 6.07) is 6.28. The summed E-state index contributed by atoms with van der Waals surface area (Å²) in [6.07, 6.45) is 7.66. The van der Waals surface area contributed by atoms with Crippen molar-refractivity contribution in [2.45, 2.75) is 44.2 Å². The van der Waals surface area contributed by atoms with Crippen LogP contribution in [0.5, 0.6) is 11.5 Å². The summed E-state index contributed by atoms with van der Waals surface area (Å²) in [6.45, 7) is 0.250. The van der Waals surface area contributed by atoms with Gasteiger partial charge >= 0.3 is 0 Å². The summed E-state index contributed by atoms with van der Waals surface area (Å²) in [5, 5.41) is 7.35. The molecule has 2 aliphatic rings. The molecule has 126 valence electrons. The molecule has 0 spiro atoms. The van der Waals surface area contributed by atoms with Crippen LogP contribution in [0.4, 0.5) is 0 Å². The number of carbonyl (C=O) groups excluding carboxylic acids is 1. The maximum atomic E-state index is 12.3. The minimum atomic E-state index is 0.0538. The van der Waals surface area contributed by atoms with E-state index in [9.17, 15) is 4.79 Å². The van der Waals surface area contributed by atoms with Gasteiger partial charge in [0.05, 0.1) is 12.5 Å². The van der Waals surface area contributed by atoms with Crippen LogP contribution in [0.2, 0.25) is 0 Å². The van der Waals surface area contributed by atoms with Gasteiger partial charge in [0.1, 0.15) is 12.7 Å². The number of ether oxygens (including phenoxy) is 2. The van der Waals surface area contributed by atoms with Gasteiger partial charge in [0.2, 0.25) is 12.7 Å². The number of aromatic nitrogens is 3. The molecular formula is C17H20N4O3. The van der Waals surface area contributed by atoms with Crippen molar-refractivity contribution in [3.8, 4) is 11.5 Å². The lowest BCUT2D eigenvalue weighted by Crippen LogP contribution is -2.38. The standard InChI is InChI=1S/C17H20N4O3/c22-17(8-12-1-6-15-16(7-12)24-11-23-15)20-13-2-4-14(5-3-13)21-10-18-9-19-21/h1,6-7,9-10,13-14H,2-5,8,11H2,(H,20,22). The maximum absolute atomic E-state index is 12.3. The largest absolute Gasteiger partial charge is 0.454 e. The van der Waals surface area contributed by atoms with E-state index in [-0.39, 0.29) is 18.7 Å². The number of nitrogens with one attached hydrogen (secondary N) is 1. The normalized spacial score (nSPS) is 22.3. The van der Waals surface area contributed by atoms with E-state index in [0.29, 0.717) is 18.2 Å². The zero-order chi connectivity index (χ0) is 16.4. The van der Waals surface area contributed by atoms with Gasteiger partial charge in [0, 0.05) is 6.04 Å². The molecule has 1 aromatic carbocycles. The molecule has 1 amide bonds. The van der Waals surface area contributed by atoms with Crippen LogP contribution in [0, 0.1) is 0 Å². The molecule has 1 fully saturated rings. The molecule has 1 N–H and O–H groups in total. The third-order valence-corrected chi connectivity index (χ3v) is 4.67. The van der Waals surface area contributed by atoms with Gasteiger partial charge in [-0.15, -0.1) is 0 Å². The molecule has 7 nitrogen and oxygen atoms in total. The molecule has 0 radical (unpaired) electrons. The minimum absolute atomic E-state index is 0.0538. The Morgan fingerprint density at radius 3 is 2.83 bits per heavy atom. The number of hydrogen-bond donors (Lipinski definition) is 1. The van der Waals surface area contributed by atoms with Crippen molar-refractivity contribution in [2.24, 2.45) is 0 Å². The van der Waals surface area contributed by atoms with Crippen LogP contribution in [-0.2, 0) is 11.2 Å². The quantitative estimate of drug-likeness (QED) is 0.927. The van der Waals surface area contributed by atoms with E-state index in [1.807, 2.05) is 22.9 Å². The molecule has 1 aliphatic heterocycles. The number of fused-ring (bicyclic) bond motifs is 1. The number of amides is 1. The number of benzene rings is 1. The second kappa shape index (κ2) is 6.51. The lowest BCUT2D eigenvalue weighted by molar-refractivity contribution is -0.121. The van der Waals surface area contributed by atoms with Gasteiger partial charge in [0.15, 0.2) is 11.5 Å². The second-order valence-electron chi connectivity index (χ2n) is 6.31. The molecule has 4 rings (SSSR count). The maximum Gasteiger partial charge on any atom is 0.231 e. The van der Waals surface area contributed by atoms with Crippen molar-refractivity contribution in [3.05, 3.63) is 36.4 Å². The molecule has 0 saturated heterocycles. The summed E-state index contributed by atoms with van der Waals surface area (Å²) >= 11 is 0. The van der Waals surface area contributed by atoms with Crippen molar-refractivity contribution in [1.82, 2.24) is 20.1 Å². The van der Waals surface area contributed by atoms with E-state index >= 15 is 0 Å². The van der Waals surface area contributed by atoms with Crippen LogP contribution in [0.3, 0.4) is 0 Å². The molecule has 0 bridgehead atoms. The first kappa shape index (κ1) is 15.0. The van der Waals surface area contributed by atoms with Gasteiger partial charge < -0.3 is 14.8 Å². The van der Waals surface area contributed by atoms with Crippen molar-refractivity contribution >= 4 is 5.91 Å². The first-order valence-electron chi connectivity index (χ1n) is 8.30. The van der Waals surface area contributed by atoms with Crippen LogP contribution < -0.4 is 14.8 Å². The van der Waals surface area contributed by atoms with E-state index in [1.165, 1.54) is 0 Å². The number of hydrogen-bond acceptors (Lipinski definition) is 5. The van der Waals surface area contributed by atoms with E-state index in [1.54, 1.807) is 12.7 Å². The molecule has 1 aliphatic carbocycles. The van der Waals surface area contributed by atoms with Crippen LogP contribution in [-0.4, -0.2) is 33.5 Å². The highest BCUT2D eigenvalue weighted by molar-refractivity contribution is 5.79. The average Bonchev–Trinajstić information content (AvgIpc) is 3.26. The monoisotopic (exact) mass is 328 g/mol. The molecule has 0 atom stereocenters. The Balaban J connectivity index is 1.28. The Morgan fingerprint density at radius 2 is 2.04 bits per heavy atom. The highest BCUT2D eigenvalue weighted by atomic mass is 16.7. The van der Waals surface area contributed by atoms with Crippen LogP contribution in [0.15, 0.2) is 30.9 Å². The van der Waals surface area contributed by atoms with Gasteiger partial charge in [-0.25, -0.2) is 9.67 Å². The molecule has 1 aromatic heterocycles. The third kappa shape index (κ3) is 3.20. The topological polar surface area (TPSA) is 78.3 Å². The van der Waals surface area contributed by atoms with Gasteiger partial charge in [-0.3, -0.25) is 4.79 Å². The van der Waals surface area contributed by atoms with Crippen LogP contribution in [0.1, 0.15) is 37.3 Å². The predicted octanol–water partition coefficient (Wildman–Crippen LogP) is 1.85. The van der Waals surface area contributed by atoms with E-state index < -0.39 is 0 Å². The van der Waals surface area contributed by atoms with E-state index in [4.69, 9.17) is 9.47 Å². The van der Waals surface area contributed by atoms with Gasteiger partial charge in [0.25, 0.3) is 0 Å². The van der Waals surface area contributed by atoms with Crippen LogP contribution >= 0.6 is 0 Å². The summed E-state index contributed by atoms with van der Waals surface area (Å²) in [5.41, 5.74) is 0.938. The zero-order valence-electron chi connectivity index (χ0n) is 13.4. The molecule has 24 heavy (non-hydrogen) atoms. The molecule has 7 heteroatoms.